The molecule has 2 unspecified atom stereocenters. The number of carbonyl (C=O) groups is 1. The number of hydrogen-bond acceptors (Lipinski definition) is 3. The van der Waals surface area contributed by atoms with E-state index in [1.807, 2.05) is 6.92 Å². The van der Waals surface area contributed by atoms with Gasteiger partial charge in [0.1, 0.15) is 0 Å². The molecule has 1 aliphatic heterocycles. The van der Waals surface area contributed by atoms with Crippen LogP contribution in [0, 0.1) is 11.8 Å². The lowest BCUT2D eigenvalue weighted by Gasteiger charge is -2.33. The van der Waals surface area contributed by atoms with Crippen molar-refractivity contribution in [3.63, 3.8) is 0 Å². The van der Waals surface area contributed by atoms with Gasteiger partial charge in [-0.25, -0.2) is 0 Å². The van der Waals surface area contributed by atoms with E-state index in [-0.39, 0.29) is 11.9 Å². The maximum Gasteiger partial charge on any atom is 0.310 e. The summed E-state index contributed by atoms with van der Waals surface area (Å²) in [5.74, 6) is 0.524. The van der Waals surface area contributed by atoms with Crippen molar-refractivity contribution < 1.29 is 9.53 Å². The third-order valence-electron chi connectivity index (χ3n) is 2.75. The zero-order valence-electron chi connectivity index (χ0n) is 8.75. The van der Waals surface area contributed by atoms with Crippen LogP contribution in [0.1, 0.15) is 20.3 Å². The zero-order chi connectivity index (χ0) is 9.84. The first-order chi connectivity index (χ1) is 6.15. The molecule has 0 aliphatic carbocycles. The molecule has 0 aromatic rings. The molecule has 1 saturated heterocycles. The second-order valence-corrected chi connectivity index (χ2v) is 3.89. The molecule has 13 heavy (non-hydrogen) atoms. The van der Waals surface area contributed by atoms with Crippen molar-refractivity contribution in [2.45, 2.75) is 20.3 Å². The monoisotopic (exact) mass is 183 g/mol. The van der Waals surface area contributed by atoms with Crippen molar-refractivity contribution in [2.75, 3.05) is 19.7 Å². The second-order valence-electron chi connectivity index (χ2n) is 3.89. The molecule has 74 valence electrons. The first-order valence-electron chi connectivity index (χ1n) is 5.00. The van der Waals surface area contributed by atoms with Gasteiger partial charge >= 0.3 is 5.97 Å². The minimum Gasteiger partial charge on any atom is -0.466 e. The molecule has 1 heterocycles. The van der Waals surface area contributed by atoms with E-state index >= 15 is 0 Å². The maximum absolute atomic E-state index is 11.5. The molecule has 0 aromatic carbocycles. The number of rotatable bonds is 2. The Kier molecular flexibility index (Phi) is 3.79. The number of hydrogen-bond donors (Lipinski definition) is 0. The summed E-state index contributed by atoms with van der Waals surface area (Å²) in [4.78, 5) is 13.7. The highest BCUT2D eigenvalue weighted by Crippen LogP contribution is 2.22. The Morgan fingerprint density at radius 2 is 2.38 bits per heavy atom. The predicted octanol–water partition coefficient (Wildman–Crippen LogP) is 0.0556. The average Bonchev–Trinajstić information content (AvgIpc) is 2.09. The quantitative estimate of drug-likeness (QED) is 0.447. The molecular weight excluding hydrogens is 165 g/mol. The Morgan fingerprint density at radius 3 is 3.00 bits per heavy atom. The summed E-state index contributed by atoms with van der Waals surface area (Å²) in [6, 6.07) is 0. The van der Waals surface area contributed by atoms with Crippen LogP contribution in [0.4, 0.5) is 0 Å². The van der Waals surface area contributed by atoms with Gasteiger partial charge in [0.25, 0.3) is 0 Å². The van der Waals surface area contributed by atoms with Gasteiger partial charge in [-0.15, -0.1) is 0 Å². The summed E-state index contributed by atoms with van der Waals surface area (Å²) in [6.07, 6.45) is 1.10. The van der Waals surface area contributed by atoms with E-state index in [4.69, 9.17) is 4.74 Å². The summed E-state index contributed by atoms with van der Waals surface area (Å²) >= 11 is 0. The molecule has 1 rings (SSSR count). The van der Waals surface area contributed by atoms with E-state index in [9.17, 15) is 4.79 Å². The van der Waals surface area contributed by atoms with Crippen molar-refractivity contribution in [1.29, 1.82) is 0 Å². The molecule has 0 amide bonds. The van der Waals surface area contributed by atoms with Gasteiger partial charge in [0.2, 0.25) is 0 Å². The summed E-state index contributed by atoms with van der Waals surface area (Å²) in [7, 11) is 2.05. The first kappa shape index (κ1) is 10.6. The van der Waals surface area contributed by atoms with Gasteiger partial charge < -0.3 is 9.55 Å². The Labute approximate surface area is 80.9 Å². The highest BCUT2D eigenvalue weighted by Gasteiger charge is 2.30. The highest BCUT2D eigenvalue weighted by atomic mass is 16.5. The Balaban J connectivity index is 2.50. The summed E-state index contributed by atoms with van der Waals surface area (Å²) in [5, 5.41) is 0. The van der Waals surface area contributed by atoms with E-state index in [2.05, 4.69) is 19.7 Å². The van der Waals surface area contributed by atoms with E-state index in [0.717, 1.165) is 19.5 Å². The van der Waals surface area contributed by atoms with Crippen LogP contribution in [0.15, 0.2) is 0 Å². The van der Waals surface area contributed by atoms with Gasteiger partial charge in [0.05, 0.1) is 12.5 Å². The van der Waals surface area contributed by atoms with Crippen LogP contribution in [0.5, 0.6) is 0 Å². The predicted molar refractivity (Wildman–Crippen MR) is 54.0 cm³/mol. The lowest BCUT2D eigenvalue weighted by atomic mass is 9.86. The second kappa shape index (κ2) is 4.65. The summed E-state index contributed by atoms with van der Waals surface area (Å²) < 4.78 is 5.03. The molecule has 0 radical (unpaired) electrons. The normalized spacial score (nSPS) is 30.0. The van der Waals surface area contributed by atoms with Gasteiger partial charge in [-0.2, -0.15) is 0 Å². The standard InChI is InChI=1S/C9H18BNO2/c1-3-13-9(12)8-6-11(10)5-4-7(8)2/h7-8H,3-6,10H2,1-2H3. The number of carbonyl (C=O) groups excluding carboxylic acids is 1. The van der Waals surface area contributed by atoms with Crippen molar-refractivity contribution in [3.8, 4) is 0 Å². The SMILES string of the molecule is BN1CCC(C)C(C(=O)OCC)C1. The Bertz CT molecular complexity index is 186. The molecule has 0 N–H and O–H groups in total. The van der Waals surface area contributed by atoms with Gasteiger partial charge in [0, 0.05) is 6.54 Å². The van der Waals surface area contributed by atoms with E-state index in [0.29, 0.717) is 12.5 Å². The van der Waals surface area contributed by atoms with E-state index < -0.39 is 0 Å². The van der Waals surface area contributed by atoms with E-state index in [1.165, 1.54) is 0 Å². The lowest BCUT2D eigenvalue weighted by molar-refractivity contribution is -0.151. The van der Waals surface area contributed by atoms with Crippen LogP contribution in [0.25, 0.3) is 0 Å². The lowest BCUT2D eigenvalue weighted by Crippen LogP contribution is -2.42. The third kappa shape index (κ3) is 2.73. The fraction of sp³-hybridized carbons (Fsp3) is 0.889. The van der Waals surface area contributed by atoms with Crippen LogP contribution < -0.4 is 0 Å². The molecule has 0 saturated carbocycles. The van der Waals surface area contributed by atoms with Crippen molar-refractivity contribution in [1.82, 2.24) is 4.81 Å². The Morgan fingerprint density at radius 1 is 1.69 bits per heavy atom. The van der Waals surface area contributed by atoms with Crippen LogP contribution in [-0.4, -0.2) is 38.5 Å². The van der Waals surface area contributed by atoms with Crippen LogP contribution in [0.2, 0.25) is 0 Å². The maximum atomic E-state index is 11.5. The number of nitrogens with zero attached hydrogens (tertiary/aromatic N) is 1. The minimum atomic E-state index is -0.0263. The summed E-state index contributed by atoms with van der Waals surface area (Å²) in [6.45, 7) is 6.42. The molecule has 0 bridgehead atoms. The molecule has 2 atom stereocenters. The first-order valence-corrected chi connectivity index (χ1v) is 5.00. The average molecular weight is 183 g/mol. The molecule has 1 aliphatic rings. The summed E-state index contributed by atoms with van der Waals surface area (Å²) in [5.41, 5.74) is 0. The number of esters is 1. The largest absolute Gasteiger partial charge is 0.466 e. The molecule has 0 spiro atoms. The molecule has 1 fully saturated rings. The fourth-order valence-electron chi connectivity index (χ4n) is 1.79. The third-order valence-corrected chi connectivity index (χ3v) is 2.75. The Hall–Kier alpha value is -0.505. The van der Waals surface area contributed by atoms with Crippen molar-refractivity contribution in [3.05, 3.63) is 0 Å². The minimum absolute atomic E-state index is 0.0263. The molecule has 3 nitrogen and oxygen atoms in total. The zero-order valence-corrected chi connectivity index (χ0v) is 8.75. The molecular formula is C9H18BNO2. The van der Waals surface area contributed by atoms with Gasteiger partial charge in [0.15, 0.2) is 7.98 Å². The van der Waals surface area contributed by atoms with E-state index in [1.54, 1.807) is 0 Å². The molecule has 4 heteroatoms. The van der Waals surface area contributed by atoms with Gasteiger partial charge in [-0.3, -0.25) is 4.79 Å². The smallest absolute Gasteiger partial charge is 0.310 e. The highest BCUT2D eigenvalue weighted by molar-refractivity contribution is 6.04. The topological polar surface area (TPSA) is 29.5 Å². The fourth-order valence-corrected chi connectivity index (χ4v) is 1.79. The van der Waals surface area contributed by atoms with Crippen molar-refractivity contribution in [2.24, 2.45) is 11.8 Å². The van der Waals surface area contributed by atoms with Crippen LogP contribution in [-0.2, 0) is 9.53 Å². The van der Waals surface area contributed by atoms with Gasteiger partial charge in [-0.05, 0) is 25.8 Å². The number of ether oxygens (including phenoxy) is 1. The van der Waals surface area contributed by atoms with Crippen LogP contribution >= 0.6 is 0 Å². The van der Waals surface area contributed by atoms with Crippen LogP contribution in [0.3, 0.4) is 0 Å². The van der Waals surface area contributed by atoms with Crippen molar-refractivity contribution >= 4 is 14.0 Å². The number of piperidine rings is 1. The van der Waals surface area contributed by atoms with Gasteiger partial charge in [-0.1, -0.05) is 6.92 Å². The molecule has 0 aromatic heterocycles.